The maximum atomic E-state index is 13.7. The summed E-state index contributed by atoms with van der Waals surface area (Å²) < 4.78 is 0. The number of nitrogens with two attached hydrogens (primary N) is 2. The van der Waals surface area contributed by atoms with E-state index in [2.05, 4.69) is 35.2 Å². The second kappa shape index (κ2) is 46.0. The Labute approximate surface area is 345 Å². The lowest BCUT2D eigenvalue weighted by molar-refractivity contribution is -0.128. The molecular weight excluding hydrogens is 677 g/mol. The summed E-state index contributed by atoms with van der Waals surface area (Å²) in [5.41, 5.74) is 7.99. The normalized spacial score (nSPS) is 11.9. The Morgan fingerprint density at radius 3 is 0.982 bits per heavy atom. The number of unbranched alkanes of at least 4 members (excludes halogenated alkanes) is 31. The number of rotatable bonds is 48. The molecule has 1 amide bonds. The Kier molecular flexibility index (Phi) is 45.4. The third-order valence-corrected chi connectivity index (χ3v) is 12.0. The lowest BCUT2D eigenvalue weighted by Gasteiger charge is -2.32. The summed E-state index contributed by atoms with van der Waals surface area (Å²) in [5, 5.41) is 10.3. The van der Waals surface area contributed by atoms with E-state index in [1.807, 2.05) is 0 Å². The lowest BCUT2D eigenvalue weighted by Crippen LogP contribution is -2.59. The zero-order valence-corrected chi connectivity index (χ0v) is 37.7. The monoisotopic (exact) mass is 779 g/mol. The summed E-state index contributed by atoms with van der Waals surface area (Å²) in [6, 6.07) is 0. The molecule has 7 heteroatoms. The van der Waals surface area contributed by atoms with Gasteiger partial charge in [0.1, 0.15) is 5.54 Å². The third-order valence-electron chi connectivity index (χ3n) is 12.0. The van der Waals surface area contributed by atoms with Gasteiger partial charge in [-0.05, 0) is 71.2 Å². The zero-order chi connectivity index (χ0) is 40.0. The van der Waals surface area contributed by atoms with Gasteiger partial charge in [0.15, 0.2) is 0 Å². The second-order valence-corrected chi connectivity index (χ2v) is 17.3. The number of hydrogen-bond acceptors (Lipinski definition) is 6. The first-order chi connectivity index (χ1) is 27.2. The van der Waals surface area contributed by atoms with Crippen LogP contribution in [0, 0.1) is 0 Å². The van der Waals surface area contributed by atoms with Crippen molar-refractivity contribution in [1.82, 2.24) is 21.4 Å². The minimum absolute atomic E-state index is 0.112. The van der Waals surface area contributed by atoms with E-state index in [0.29, 0.717) is 6.54 Å². The van der Waals surface area contributed by atoms with Gasteiger partial charge in [0.2, 0.25) is 5.91 Å². The largest absolute Gasteiger partial charge is 0.354 e. The van der Waals surface area contributed by atoms with Gasteiger partial charge in [-0.25, -0.2) is 5.43 Å². The molecule has 0 heterocycles. The Morgan fingerprint density at radius 2 is 0.673 bits per heavy atom. The van der Waals surface area contributed by atoms with Crippen LogP contribution in [0.25, 0.3) is 0 Å². The van der Waals surface area contributed by atoms with E-state index in [9.17, 15) is 4.79 Å². The molecule has 0 aromatic rings. The van der Waals surface area contributed by atoms with Crippen LogP contribution < -0.4 is 33.0 Å². The number of carbonyl (C=O) groups excluding carboxylic acids is 1. The van der Waals surface area contributed by atoms with Gasteiger partial charge < -0.3 is 21.7 Å². The fourth-order valence-electron chi connectivity index (χ4n) is 8.07. The third kappa shape index (κ3) is 38.5. The van der Waals surface area contributed by atoms with E-state index in [1.165, 1.54) is 205 Å². The van der Waals surface area contributed by atoms with Crippen molar-refractivity contribution in [1.29, 1.82) is 0 Å². The van der Waals surface area contributed by atoms with E-state index < -0.39 is 5.54 Å². The van der Waals surface area contributed by atoms with Crippen molar-refractivity contribution >= 4 is 5.91 Å². The zero-order valence-electron chi connectivity index (χ0n) is 37.7. The topological polar surface area (TPSA) is 117 Å². The maximum absolute atomic E-state index is 13.7. The molecule has 55 heavy (non-hydrogen) atoms. The molecule has 330 valence electrons. The summed E-state index contributed by atoms with van der Waals surface area (Å²) in [6.45, 7) is 10.1. The van der Waals surface area contributed by atoms with Gasteiger partial charge in [-0.15, -0.1) is 0 Å². The molecule has 0 saturated carbocycles. The van der Waals surface area contributed by atoms with Crippen LogP contribution in [0.2, 0.25) is 0 Å². The lowest BCUT2D eigenvalue weighted by atomic mass is 9.85. The number of amides is 1. The molecule has 0 aromatic heterocycles. The van der Waals surface area contributed by atoms with Gasteiger partial charge >= 0.3 is 0 Å². The van der Waals surface area contributed by atoms with E-state index in [-0.39, 0.29) is 5.91 Å². The molecule has 0 spiro atoms. The summed E-state index contributed by atoms with van der Waals surface area (Å²) in [4.78, 5) is 13.7. The molecule has 0 rings (SSSR count). The molecule has 0 aromatic carbocycles. The Morgan fingerprint density at radius 1 is 0.382 bits per heavy atom. The average molecular weight is 779 g/mol. The smallest absolute Gasteiger partial charge is 0.241 e. The van der Waals surface area contributed by atoms with Gasteiger partial charge in [-0.3, -0.25) is 10.6 Å². The molecule has 0 saturated heterocycles. The van der Waals surface area contributed by atoms with Crippen molar-refractivity contribution in [3.8, 4) is 0 Å². The van der Waals surface area contributed by atoms with Crippen LogP contribution in [0.1, 0.15) is 258 Å². The first-order valence-corrected chi connectivity index (χ1v) is 25.0. The first kappa shape index (κ1) is 54.3. The summed E-state index contributed by atoms with van der Waals surface area (Å²) in [5.74, 6) is 6.36. The van der Waals surface area contributed by atoms with Crippen molar-refractivity contribution in [2.75, 3.05) is 39.3 Å². The summed E-state index contributed by atoms with van der Waals surface area (Å²) >= 11 is 0. The number of hydrogen-bond donors (Lipinski definition) is 6. The van der Waals surface area contributed by atoms with E-state index in [1.54, 1.807) is 0 Å². The summed E-state index contributed by atoms with van der Waals surface area (Å²) in [7, 11) is 0. The van der Waals surface area contributed by atoms with Gasteiger partial charge in [-0.2, -0.15) is 0 Å². The molecule has 0 unspecified atom stereocenters. The van der Waals surface area contributed by atoms with Crippen LogP contribution in [0.3, 0.4) is 0 Å². The van der Waals surface area contributed by atoms with Crippen LogP contribution >= 0.6 is 0 Å². The minimum atomic E-state index is -0.643. The van der Waals surface area contributed by atoms with Crippen molar-refractivity contribution in [3.63, 3.8) is 0 Å². The fourth-order valence-corrected chi connectivity index (χ4v) is 8.07. The predicted molar refractivity (Wildman–Crippen MR) is 245 cm³/mol. The summed E-state index contributed by atoms with van der Waals surface area (Å²) in [6.07, 6.45) is 49.6. The van der Waals surface area contributed by atoms with Crippen LogP contribution in [0.15, 0.2) is 0 Å². The van der Waals surface area contributed by atoms with Crippen molar-refractivity contribution in [2.24, 2.45) is 11.6 Å². The number of hydrazine groups is 1. The SMILES string of the molecule is CCCCCCCCCCCCCCCCCCC(CCCCCCCCCCCCCCCCCC)(NN)C(=O)NCCCNCCCCNCCCN. The quantitative estimate of drug-likeness (QED) is 0.0208. The molecule has 0 atom stereocenters. The van der Waals surface area contributed by atoms with Crippen LogP contribution in [0.5, 0.6) is 0 Å². The van der Waals surface area contributed by atoms with Gasteiger partial charge in [0.25, 0.3) is 0 Å². The highest BCUT2D eigenvalue weighted by Crippen LogP contribution is 2.24. The van der Waals surface area contributed by atoms with E-state index in [4.69, 9.17) is 11.6 Å². The molecule has 0 fully saturated rings. The Balaban J connectivity index is 4.32. The Bertz CT molecular complexity index is 701. The molecule has 0 aliphatic heterocycles. The van der Waals surface area contributed by atoms with Gasteiger partial charge in [0.05, 0.1) is 0 Å². The predicted octanol–water partition coefficient (Wildman–Crippen LogP) is 12.3. The average Bonchev–Trinajstić information content (AvgIpc) is 3.20. The number of nitrogens with one attached hydrogen (secondary N) is 4. The molecular formula is C48H102N6O. The van der Waals surface area contributed by atoms with Gasteiger partial charge in [0, 0.05) is 6.54 Å². The highest BCUT2D eigenvalue weighted by atomic mass is 16.2. The standard InChI is InChI=1S/C48H102N6O/c1-3-5-7-9-11-13-15-17-19-21-23-25-27-29-31-33-39-48(54-50,47(55)53-46-38-45-52-43-36-35-42-51-44-37-41-49)40-34-32-30-28-26-24-22-20-18-16-14-12-10-8-6-4-2/h51-52,54H,3-46,49-50H2,1-2H3,(H,53,55). The van der Waals surface area contributed by atoms with Crippen molar-refractivity contribution in [3.05, 3.63) is 0 Å². The maximum Gasteiger partial charge on any atom is 0.241 e. The van der Waals surface area contributed by atoms with E-state index in [0.717, 1.165) is 71.2 Å². The minimum Gasteiger partial charge on any atom is -0.354 e. The Hall–Kier alpha value is -0.730. The van der Waals surface area contributed by atoms with Crippen molar-refractivity contribution < 1.29 is 4.79 Å². The highest BCUT2D eigenvalue weighted by molar-refractivity contribution is 5.86. The highest BCUT2D eigenvalue weighted by Gasteiger charge is 2.35. The molecule has 0 aliphatic carbocycles. The number of carbonyl (C=O) groups is 1. The fraction of sp³-hybridized carbons (Fsp3) is 0.979. The molecule has 8 N–H and O–H groups in total. The first-order valence-electron chi connectivity index (χ1n) is 25.0. The molecule has 7 nitrogen and oxygen atoms in total. The van der Waals surface area contributed by atoms with Crippen LogP contribution in [-0.2, 0) is 4.79 Å². The molecule has 0 radical (unpaired) electrons. The molecule has 0 aliphatic rings. The van der Waals surface area contributed by atoms with Crippen LogP contribution in [-0.4, -0.2) is 50.7 Å². The van der Waals surface area contributed by atoms with Crippen molar-refractivity contribution in [2.45, 2.75) is 263 Å². The van der Waals surface area contributed by atoms with E-state index >= 15 is 0 Å². The second-order valence-electron chi connectivity index (χ2n) is 17.3. The van der Waals surface area contributed by atoms with Crippen LogP contribution in [0.4, 0.5) is 0 Å². The molecule has 0 bridgehead atoms. The van der Waals surface area contributed by atoms with Gasteiger partial charge in [-0.1, -0.05) is 219 Å².